The maximum Gasteiger partial charge on any atom is 0.341 e. The number of phenolic OH excluding ortho intramolecular Hbond substituents is 1. The van der Waals surface area contributed by atoms with Crippen molar-refractivity contribution in [3.63, 3.8) is 0 Å². The van der Waals surface area contributed by atoms with Crippen LogP contribution in [-0.4, -0.2) is 48.3 Å². The Morgan fingerprint density at radius 1 is 1.23 bits per heavy atom. The zero-order valence-electron chi connectivity index (χ0n) is 16.4. The summed E-state index contributed by atoms with van der Waals surface area (Å²) in [5, 5.41) is 9.70. The number of piperidine rings is 1. The molecule has 5 nitrogen and oxygen atoms in total. The van der Waals surface area contributed by atoms with E-state index >= 15 is 0 Å². The minimum atomic E-state index is -0.390. The van der Waals surface area contributed by atoms with Crippen LogP contribution >= 0.6 is 0 Å². The van der Waals surface area contributed by atoms with Crippen molar-refractivity contribution in [3.8, 4) is 11.5 Å². The number of esters is 1. The lowest BCUT2D eigenvalue weighted by atomic mass is 10.00. The van der Waals surface area contributed by atoms with E-state index in [1.807, 2.05) is 0 Å². The van der Waals surface area contributed by atoms with Crippen LogP contribution in [0.15, 0.2) is 18.2 Å². The second-order valence-corrected chi connectivity index (χ2v) is 7.39. The number of hydrogen-bond donors (Lipinski definition) is 1. The molecule has 0 amide bonds. The third kappa shape index (κ3) is 5.90. The van der Waals surface area contributed by atoms with Crippen molar-refractivity contribution >= 4 is 5.97 Å². The van der Waals surface area contributed by atoms with Crippen molar-refractivity contribution in [2.75, 3.05) is 26.3 Å². The van der Waals surface area contributed by atoms with Gasteiger partial charge in [0.15, 0.2) is 0 Å². The Balaban J connectivity index is 2.01. The first kappa shape index (κ1) is 20.6. The van der Waals surface area contributed by atoms with E-state index < -0.39 is 0 Å². The lowest BCUT2D eigenvalue weighted by Gasteiger charge is -2.36. The topological polar surface area (TPSA) is 59.0 Å². The summed E-state index contributed by atoms with van der Waals surface area (Å²) in [4.78, 5) is 15.1. The molecule has 1 fully saturated rings. The standard InChI is InChI=1S/C21H33NO4/c1-4-5-13-25-20-14-17(23)9-10-18(20)21(24)26-15-19(16(2)3)22-11-7-6-8-12-22/h9-10,14,16,19,23H,4-8,11-13,15H2,1-3H3/t19-/m1/s1. The van der Waals surface area contributed by atoms with E-state index in [9.17, 15) is 9.90 Å². The Morgan fingerprint density at radius 3 is 2.62 bits per heavy atom. The number of phenols is 1. The summed E-state index contributed by atoms with van der Waals surface area (Å²) < 4.78 is 11.3. The molecule has 1 saturated heterocycles. The minimum absolute atomic E-state index is 0.0847. The van der Waals surface area contributed by atoms with Crippen LogP contribution in [0.1, 0.15) is 63.2 Å². The third-order valence-corrected chi connectivity index (χ3v) is 4.95. The van der Waals surface area contributed by atoms with Crippen molar-refractivity contribution in [1.29, 1.82) is 0 Å². The second-order valence-electron chi connectivity index (χ2n) is 7.39. The quantitative estimate of drug-likeness (QED) is 0.525. The molecule has 1 heterocycles. The predicted molar refractivity (Wildman–Crippen MR) is 103 cm³/mol. The number of aromatic hydroxyl groups is 1. The third-order valence-electron chi connectivity index (χ3n) is 4.95. The molecule has 1 aliphatic heterocycles. The highest BCUT2D eigenvalue weighted by molar-refractivity contribution is 5.92. The molecule has 5 heteroatoms. The normalized spacial score (nSPS) is 16.5. The predicted octanol–water partition coefficient (Wildman–Crippen LogP) is 4.24. The largest absolute Gasteiger partial charge is 0.508 e. The number of unbranched alkanes of at least 4 members (excludes halogenated alkanes) is 1. The second kappa shape index (κ2) is 10.4. The fourth-order valence-electron chi connectivity index (χ4n) is 3.33. The molecule has 1 N–H and O–H groups in total. The molecule has 1 aromatic rings. The van der Waals surface area contributed by atoms with E-state index in [2.05, 4.69) is 25.7 Å². The maximum absolute atomic E-state index is 12.6. The monoisotopic (exact) mass is 363 g/mol. The van der Waals surface area contributed by atoms with Gasteiger partial charge < -0.3 is 14.6 Å². The van der Waals surface area contributed by atoms with Crippen molar-refractivity contribution in [2.45, 2.75) is 58.9 Å². The van der Waals surface area contributed by atoms with Crippen molar-refractivity contribution in [3.05, 3.63) is 23.8 Å². The van der Waals surface area contributed by atoms with E-state index in [0.717, 1.165) is 25.9 Å². The van der Waals surface area contributed by atoms with Crippen LogP contribution in [0.25, 0.3) is 0 Å². The van der Waals surface area contributed by atoms with Crippen LogP contribution < -0.4 is 4.74 Å². The Kier molecular flexibility index (Phi) is 8.23. The van der Waals surface area contributed by atoms with Gasteiger partial charge in [-0.25, -0.2) is 4.79 Å². The van der Waals surface area contributed by atoms with Gasteiger partial charge >= 0.3 is 5.97 Å². The van der Waals surface area contributed by atoms with Crippen LogP contribution in [0.2, 0.25) is 0 Å². The first-order valence-corrected chi connectivity index (χ1v) is 9.90. The van der Waals surface area contributed by atoms with E-state index in [-0.39, 0.29) is 17.8 Å². The maximum atomic E-state index is 12.6. The Labute approximate surface area is 157 Å². The molecule has 1 aromatic carbocycles. The van der Waals surface area contributed by atoms with Gasteiger partial charge in [-0.05, 0) is 50.4 Å². The average Bonchev–Trinajstić information content (AvgIpc) is 2.62. The molecular weight excluding hydrogens is 330 g/mol. The smallest absolute Gasteiger partial charge is 0.341 e. The van der Waals surface area contributed by atoms with Crippen LogP contribution in [0, 0.1) is 5.92 Å². The Morgan fingerprint density at radius 2 is 1.96 bits per heavy atom. The van der Waals surface area contributed by atoms with Crippen molar-refractivity contribution < 1.29 is 19.4 Å². The minimum Gasteiger partial charge on any atom is -0.508 e. The average molecular weight is 363 g/mol. The van der Waals surface area contributed by atoms with Crippen molar-refractivity contribution in [2.24, 2.45) is 5.92 Å². The highest BCUT2D eigenvalue weighted by Gasteiger charge is 2.25. The fourth-order valence-corrected chi connectivity index (χ4v) is 3.33. The number of hydrogen-bond acceptors (Lipinski definition) is 5. The molecule has 0 unspecified atom stereocenters. The van der Waals surface area contributed by atoms with Crippen LogP contribution in [0.5, 0.6) is 11.5 Å². The van der Waals surface area contributed by atoms with Gasteiger partial charge in [-0.2, -0.15) is 0 Å². The fraction of sp³-hybridized carbons (Fsp3) is 0.667. The summed E-state index contributed by atoms with van der Waals surface area (Å²) in [7, 11) is 0. The number of nitrogens with zero attached hydrogens (tertiary/aromatic N) is 1. The Bertz CT molecular complexity index is 567. The highest BCUT2D eigenvalue weighted by atomic mass is 16.5. The van der Waals surface area contributed by atoms with Gasteiger partial charge in [0.1, 0.15) is 23.7 Å². The van der Waals surface area contributed by atoms with Crippen molar-refractivity contribution in [1.82, 2.24) is 4.90 Å². The summed E-state index contributed by atoms with van der Waals surface area (Å²) >= 11 is 0. The van der Waals surface area contributed by atoms with Gasteiger partial charge in [0.25, 0.3) is 0 Å². The summed E-state index contributed by atoms with van der Waals surface area (Å²) in [5.41, 5.74) is 0.375. The van der Waals surface area contributed by atoms with E-state index in [4.69, 9.17) is 9.47 Å². The SMILES string of the molecule is CCCCOc1cc(O)ccc1C(=O)OC[C@H](C(C)C)N1CCCCC1. The molecule has 0 aliphatic carbocycles. The Hall–Kier alpha value is -1.75. The zero-order chi connectivity index (χ0) is 18.9. The van der Waals surface area contributed by atoms with Gasteiger partial charge in [0, 0.05) is 12.1 Å². The van der Waals surface area contributed by atoms with Gasteiger partial charge in [-0.15, -0.1) is 0 Å². The summed E-state index contributed by atoms with van der Waals surface area (Å²) in [6.07, 6.45) is 5.61. The first-order chi connectivity index (χ1) is 12.5. The summed E-state index contributed by atoms with van der Waals surface area (Å²) in [6, 6.07) is 4.79. The summed E-state index contributed by atoms with van der Waals surface area (Å²) in [6.45, 7) is 9.47. The number of carbonyl (C=O) groups is 1. The zero-order valence-corrected chi connectivity index (χ0v) is 16.4. The number of likely N-dealkylation sites (tertiary alicyclic amines) is 1. The lowest BCUT2D eigenvalue weighted by molar-refractivity contribution is 0.0230. The first-order valence-electron chi connectivity index (χ1n) is 9.90. The summed E-state index contributed by atoms with van der Waals surface area (Å²) in [5.74, 6) is 0.504. The van der Waals surface area contributed by atoms with Crippen LogP contribution in [0.3, 0.4) is 0 Å². The molecule has 146 valence electrons. The molecule has 0 aromatic heterocycles. The van der Waals surface area contributed by atoms with E-state index in [1.54, 1.807) is 6.07 Å². The lowest BCUT2D eigenvalue weighted by Crippen LogP contribution is -2.45. The van der Waals surface area contributed by atoms with E-state index in [0.29, 0.717) is 30.4 Å². The number of carbonyl (C=O) groups excluding carboxylic acids is 1. The highest BCUT2D eigenvalue weighted by Crippen LogP contribution is 2.26. The number of ether oxygens (including phenoxy) is 2. The number of rotatable bonds is 9. The molecule has 2 rings (SSSR count). The van der Waals surface area contributed by atoms with Gasteiger partial charge in [0.2, 0.25) is 0 Å². The molecule has 0 bridgehead atoms. The molecular formula is C21H33NO4. The van der Waals surface area contributed by atoms with Crippen LogP contribution in [0.4, 0.5) is 0 Å². The van der Waals surface area contributed by atoms with E-state index in [1.165, 1.54) is 31.4 Å². The van der Waals surface area contributed by atoms with Crippen LogP contribution in [-0.2, 0) is 4.74 Å². The molecule has 0 spiro atoms. The molecule has 1 atom stereocenters. The molecule has 0 radical (unpaired) electrons. The van der Waals surface area contributed by atoms with Gasteiger partial charge in [0.05, 0.1) is 6.61 Å². The van der Waals surface area contributed by atoms with Gasteiger partial charge in [-0.3, -0.25) is 4.90 Å². The van der Waals surface area contributed by atoms with Gasteiger partial charge in [-0.1, -0.05) is 33.6 Å². The number of benzene rings is 1. The molecule has 26 heavy (non-hydrogen) atoms. The molecule has 0 saturated carbocycles. The molecule has 1 aliphatic rings.